The fourth-order valence-corrected chi connectivity index (χ4v) is 4.08. The summed E-state index contributed by atoms with van der Waals surface area (Å²) in [5.41, 5.74) is 3.26. The van der Waals surface area contributed by atoms with Crippen LogP contribution in [0.25, 0.3) is 11.8 Å². The number of benzene rings is 2. The monoisotopic (exact) mass is 453 g/mol. The zero-order valence-corrected chi connectivity index (χ0v) is 18.2. The van der Waals surface area contributed by atoms with Crippen LogP contribution in [0.3, 0.4) is 0 Å². The van der Waals surface area contributed by atoms with Gasteiger partial charge in [0, 0.05) is 16.4 Å². The van der Waals surface area contributed by atoms with Crippen LogP contribution in [0, 0.1) is 13.8 Å². The van der Waals surface area contributed by atoms with Gasteiger partial charge in [-0.1, -0.05) is 41.4 Å². The van der Waals surface area contributed by atoms with Gasteiger partial charge in [0.15, 0.2) is 0 Å². The number of barbiturate groups is 1. The summed E-state index contributed by atoms with van der Waals surface area (Å²) in [6.07, 6.45) is 1.49. The summed E-state index contributed by atoms with van der Waals surface area (Å²) in [7, 11) is 0. The van der Waals surface area contributed by atoms with Crippen LogP contribution < -0.4 is 10.2 Å². The SMILES string of the molecule is Cc1cc(/C=C2\C(=O)NC(=O)N(c3ccccc3)C2=O)c(C)n1-c1ccc(Cl)cc1Cl. The first-order valence-electron chi connectivity index (χ1n) is 9.39. The Morgan fingerprint density at radius 3 is 2.32 bits per heavy atom. The predicted octanol–water partition coefficient (Wildman–Crippen LogP) is 5.07. The minimum atomic E-state index is -0.781. The summed E-state index contributed by atoms with van der Waals surface area (Å²) < 4.78 is 1.91. The molecule has 0 unspecified atom stereocenters. The van der Waals surface area contributed by atoms with Gasteiger partial charge in [-0.25, -0.2) is 9.69 Å². The van der Waals surface area contributed by atoms with Crippen molar-refractivity contribution < 1.29 is 14.4 Å². The second-order valence-electron chi connectivity index (χ2n) is 7.05. The van der Waals surface area contributed by atoms with Gasteiger partial charge in [-0.15, -0.1) is 0 Å². The van der Waals surface area contributed by atoms with Gasteiger partial charge in [0.25, 0.3) is 11.8 Å². The molecule has 0 spiro atoms. The molecule has 4 rings (SSSR count). The summed E-state index contributed by atoms with van der Waals surface area (Å²) in [4.78, 5) is 38.8. The van der Waals surface area contributed by atoms with Crippen molar-refractivity contribution in [3.63, 3.8) is 0 Å². The average molecular weight is 454 g/mol. The zero-order chi connectivity index (χ0) is 22.3. The van der Waals surface area contributed by atoms with Crippen LogP contribution in [0.2, 0.25) is 10.0 Å². The van der Waals surface area contributed by atoms with Gasteiger partial charge in [-0.05, 0) is 61.9 Å². The molecule has 6 nitrogen and oxygen atoms in total. The third-order valence-corrected chi connectivity index (χ3v) is 5.57. The largest absolute Gasteiger partial charge is 0.335 e. The molecule has 2 aromatic carbocycles. The van der Waals surface area contributed by atoms with E-state index >= 15 is 0 Å². The molecule has 1 N–H and O–H groups in total. The third kappa shape index (κ3) is 3.76. The first-order valence-corrected chi connectivity index (χ1v) is 10.1. The highest BCUT2D eigenvalue weighted by Crippen LogP contribution is 2.30. The minimum absolute atomic E-state index is 0.133. The second kappa shape index (κ2) is 8.06. The van der Waals surface area contributed by atoms with Gasteiger partial charge in [-0.2, -0.15) is 0 Å². The summed E-state index contributed by atoms with van der Waals surface area (Å²) in [6, 6.07) is 14.7. The van der Waals surface area contributed by atoms with Gasteiger partial charge in [0.2, 0.25) is 0 Å². The van der Waals surface area contributed by atoms with Gasteiger partial charge < -0.3 is 4.57 Å². The molecule has 8 heteroatoms. The zero-order valence-electron chi connectivity index (χ0n) is 16.6. The molecule has 1 fully saturated rings. The number of anilines is 1. The van der Waals surface area contributed by atoms with E-state index in [1.165, 1.54) is 6.08 Å². The predicted molar refractivity (Wildman–Crippen MR) is 121 cm³/mol. The van der Waals surface area contributed by atoms with E-state index in [4.69, 9.17) is 23.2 Å². The Kier molecular flexibility index (Phi) is 5.43. The van der Waals surface area contributed by atoms with Crippen molar-refractivity contribution in [2.45, 2.75) is 13.8 Å². The molecule has 0 atom stereocenters. The molecular formula is C23H17Cl2N3O3. The minimum Gasteiger partial charge on any atom is -0.316 e. The third-order valence-electron chi connectivity index (χ3n) is 5.04. The molecular weight excluding hydrogens is 437 g/mol. The van der Waals surface area contributed by atoms with E-state index in [2.05, 4.69) is 5.32 Å². The number of nitrogens with one attached hydrogen (secondary N) is 1. The van der Waals surface area contributed by atoms with Crippen molar-refractivity contribution in [3.05, 3.63) is 87.2 Å². The van der Waals surface area contributed by atoms with Crippen LogP contribution in [-0.4, -0.2) is 22.4 Å². The number of aryl methyl sites for hydroxylation is 1. The van der Waals surface area contributed by atoms with E-state index in [-0.39, 0.29) is 5.57 Å². The van der Waals surface area contributed by atoms with Crippen molar-refractivity contribution >= 4 is 52.8 Å². The normalized spacial score (nSPS) is 15.5. The Labute approximate surface area is 188 Å². The number of halogens is 2. The van der Waals surface area contributed by atoms with Crippen LogP contribution in [0.5, 0.6) is 0 Å². The number of amides is 4. The number of carbonyl (C=O) groups excluding carboxylic acids is 3. The highest BCUT2D eigenvalue weighted by molar-refractivity contribution is 6.39. The molecule has 1 aromatic heterocycles. The molecule has 1 aliphatic heterocycles. The Hall–Kier alpha value is -3.35. The summed E-state index contributed by atoms with van der Waals surface area (Å²) in [5, 5.41) is 3.23. The molecule has 31 heavy (non-hydrogen) atoms. The Morgan fingerprint density at radius 1 is 0.935 bits per heavy atom. The number of imide groups is 2. The maximum Gasteiger partial charge on any atom is 0.335 e. The lowest BCUT2D eigenvalue weighted by Gasteiger charge is -2.26. The van der Waals surface area contributed by atoms with Crippen LogP contribution in [0.1, 0.15) is 17.0 Å². The van der Waals surface area contributed by atoms with E-state index in [0.29, 0.717) is 21.3 Å². The number of aromatic nitrogens is 1. The van der Waals surface area contributed by atoms with Crippen molar-refractivity contribution in [2.24, 2.45) is 0 Å². The number of rotatable bonds is 3. The second-order valence-corrected chi connectivity index (χ2v) is 7.89. The van der Waals surface area contributed by atoms with Crippen LogP contribution >= 0.6 is 23.2 Å². The van der Waals surface area contributed by atoms with Crippen molar-refractivity contribution in [1.82, 2.24) is 9.88 Å². The molecule has 4 amide bonds. The lowest BCUT2D eigenvalue weighted by molar-refractivity contribution is -0.122. The van der Waals surface area contributed by atoms with Gasteiger partial charge in [-0.3, -0.25) is 14.9 Å². The molecule has 1 saturated heterocycles. The van der Waals surface area contributed by atoms with E-state index in [0.717, 1.165) is 22.0 Å². The maximum atomic E-state index is 13.0. The van der Waals surface area contributed by atoms with E-state index in [1.54, 1.807) is 48.5 Å². The van der Waals surface area contributed by atoms with E-state index in [1.807, 2.05) is 24.5 Å². The molecule has 0 radical (unpaired) electrons. The van der Waals surface area contributed by atoms with Gasteiger partial charge in [0.05, 0.1) is 16.4 Å². The lowest BCUT2D eigenvalue weighted by atomic mass is 10.1. The van der Waals surface area contributed by atoms with Crippen LogP contribution in [-0.2, 0) is 9.59 Å². The first-order chi connectivity index (χ1) is 14.8. The first kappa shape index (κ1) is 20.9. The standard InChI is InChI=1S/C23H17Cl2N3O3/c1-13-10-15(14(2)27(13)20-9-8-16(24)12-19(20)25)11-18-21(29)26-23(31)28(22(18)30)17-6-4-3-5-7-17/h3-12H,1-2H3,(H,26,29,31)/b18-11+. The number of hydrogen-bond donors (Lipinski definition) is 1. The lowest BCUT2D eigenvalue weighted by Crippen LogP contribution is -2.54. The van der Waals surface area contributed by atoms with E-state index < -0.39 is 17.8 Å². The number of para-hydroxylation sites is 1. The molecule has 0 bridgehead atoms. The number of nitrogens with zero attached hydrogens (tertiary/aromatic N) is 2. The topological polar surface area (TPSA) is 71.4 Å². The van der Waals surface area contributed by atoms with Gasteiger partial charge in [0.1, 0.15) is 5.57 Å². The maximum absolute atomic E-state index is 13.0. The highest BCUT2D eigenvalue weighted by Gasteiger charge is 2.37. The van der Waals surface area contributed by atoms with Crippen molar-refractivity contribution in [2.75, 3.05) is 4.90 Å². The Bertz CT molecular complexity index is 1260. The number of hydrogen-bond acceptors (Lipinski definition) is 3. The molecule has 0 aliphatic carbocycles. The average Bonchev–Trinajstić information content (AvgIpc) is 2.99. The van der Waals surface area contributed by atoms with E-state index in [9.17, 15) is 14.4 Å². The highest BCUT2D eigenvalue weighted by atomic mass is 35.5. The van der Waals surface area contributed by atoms with Crippen molar-refractivity contribution in [1.29, 1.82) is 0 Å². The fourth-order valence-electron chi connectivity index (χ4n) is 3.59. The Morgan fingerprint density at radius 2 is 1.65 bits per heavy atom. The van der Waals surface area contributed by atoms with Gasteiger partial charge >= 0.3 is 6.03 Å². The molecule has 1 aliphatic rings. The van der Waals surface area contributed by atoms with Crippen LogP contribution in [0.4, 0.5) is 10.5 Å². The quantitative estimate of drug-likeness (QED) is 0.444. The van der Waals surface area contributed by atoms with Crippen LogP contribution in [0.15, 0.2) is 60.2 Å². The van der Waals surface area contributed by atoms with Crippen molar-refractivity contribution in [3.8, 4) is 5.69 Å². The molecule has 3 aromatic rings. The smallest absolute Gasteiger partial charge is 0.316 e. The number of urea groups is 1. The Balaban J connectivity index is 1.78. The summed E-state index contributed by atoms with van der Waals surface area (Å²) in [6.45, 7) is 3.75. The molecule has 0 saturated carbocycles. The summed E-state index contributed by atoms with van der Waals surface area (Å²) >= 11 is 12.4. The molecule has 156 valence electrons. The molecule has 2 heterocycles. The fraction of sp³-hybridized carbons (Fsp3) is 0.0870. The number of carbonyl (C=O) groups is 3. The summed E-state index contributed by atoms with van der Waals surface area (Å²) in [5.74, 6) is -1.43.